The molecule has 2 heterocycles. The number of likely N-dealkylation sites (tertiary alicyclic amines) is 1. The van der Waals surface area contributed by atoms with Crippen LogP contribution in [-0.4, -0.2) is 41.0 Å². The molecule has 3 aliphatic rings. The Balaban J connectivity index is 1.46. The molecule has 2 aliphatic carbocycles. The molecule has 6 nitrogen and oxygen atoms in total. The third-order valence-corrected chi connectivity index (χ3v) is 6.92. The number of amides is 2. The highest BCUT2D eigenvalue weighted by Gasteiger charge is 2.50. The maximum absolute atomic E-state index is 13.0. The third-order valence-electron chi connectivity index (χ3n) is 6.92. The molecule has 4 unspecified atom stereocenters. The number of carbonyl (C=O) groups is 2. The van der Waals surface area contributed by atoms with E-state index in [0.29, 0.717) is 18.2 Å². The smallest absolute Gasteiger partial charge is 0.276 e. The van der Waals surface area contributed by atoms with Crippen molar-refractivity contribution in [3.8, 4) is 0 Å². The molecule has 2 saturated carbocycles. The largest absolute Gasteiger partial charge is 0.364 e. The summed E-state index contributed by atoms with van der Waals surface area (Å²) in [6.07, 6.45) is 8.93. The molecule has 0 spiro atoms. The number of nitrogens with one attached hydrogen (secondary N) is 1. The lowest BCUT2D eigenvalue weighted by Gasteiger charge is -2.46. The molecule has 0 bridgehead atoms. The van der Waals surface area contributed by atoms with E-state index in [4.69, 9.17) is 4.52 Å². The van der Waals surface area contributed by atoms with E-state index in [1.807, 2.05) is 11.8 Å². The van der Waals surface area contributed by atoms with Gasteiger partial charge in [-0.05, 0) is 44.9 Å². The van der Waals surface area contributed by atoms with Gasteiger partial charge < -0.3 is 14.7 Å². The minimum Gasteiger partial charge on any atom is -0.364 e. The molecule has 26 heavy (non-hydrogen) atoms. The van der Waals surface area contributed by atoms with Gasteiger partial charge >= 0.3 is 0 Å². The number of piperidine rings is 1. The van der Waals surface area contributed by atoms with E-state index in [2.05, 4.69) is 17.4 Å². The Morgan fingerprint density at radius 2 is 2.19 bits per heavy atom. The summed E-state index contributed by atoms with van der Waals surface area (Å²) in [5.74, 6) is 0.987. The topological polar surface area (TPSA) is 75.4 Å². The SMILES string of the molecule is CCC1CC1C(=O)NCC12CCCC1N(C(=O)c1nocc1C)CCC2. The first kappa shape index (κ1) is 17.6. The molecule has 1 aromatic rings. The van der Waals surface area contributed by atoms with Gasteiger partial charge in [0, 0.05) is 36.0 Å². The van der Waals surface area contributed by atoms with Crippen LogP contribution in [0.1, 0.15) is 67.9 Å². The first-order chi connectivity index (χ1) is 12.6. The van der Waals surface area contributed by atoms with Gasteiger partial charge in [0.1, 0.15) is 6.26 Å². The standard InChI is InChI=1S/C20H29N3O3/c1-3-14-10-15(14)18(24)21-12-20-7-4-6-16(20)23(9-5-8-20)19(25)17-13(2)11-26-22-17/h11,14-16H,3-10,12H2,1-2H3,(H,21,24). The summed E-state index contributed by atoms with van der Waals surface area (Å²) in [5, 5.41) is 7.15. The Labute approximate surface area is 154 Å². The number of aromatic nitrogens is 1. The van der Waals surface area contributed by atoms with Gasteiger partial charge in [0.15, 0.2) is 5.69 Å². The van der Waals surface area contributed by atoms with E-state index in [-0.39, 0.29) is 29.2 Å². The number of hydrogen-bond acceptors (Lipinski definition) is 4. The maximum Gasteiger partial charge on any atom is 0.276 e. The van der Waals surface area contributed by atoms with Gasteiger partial charge in [-0.15, -0.1) is 0 Å². The molecule has 4 atom stereocenters. The third kappa shape index (κ3) is 2.93. The quantitative estimate of drug-likeness (QED) is 0.877. The molecule has 142 valence electrons. The second-order valence-corrected chi connectivity index (χ2v) is 8.45. The first-order valence-electron chi connectivity index (χ1n) is 10.1. The summed E-state index contributed by atoms with van der Waals surface area (Å²) < 4.78 is 4.97. The molecule has 0 radical (unpaired) electrons. The molecular formula is C20H29N3O3. The van der Waals surface area contributed by atoms with Crippen LogP contribution < -0.4 is 5.32 Å². The second kappa shape index (κ2) is 6.71. The molecule has 1 aliphatic heterocycles. The van der Waals surface area contributed by atoms with E-state index in [9.17, 15) is 9.59 Å². The highest BCUT2D eigenvalue weighted by molar-refractivity contribution is 5.93. The molecule has 6 heteroatoms. The Hall–Kier alpha value is -1.85. The first-order valence-corrected chi connectivity index (χ1v) is 10.1. The van der Waals surface area contributed by atoms with Gasteiger partial charge in [0.25, 0.3) is 5.91 Å². The van der Waals surface area contributed by atoms with E-state index >= 15 is 0 Å². The van der Waals surface area contributed by atoms with E-state index in [0.717, 1.165) is 57.1 Å². The minimum absolute atomic E-state index is 0.0215. The summed E-state index contributed by atoms with van der Waals surface area (Å²) in [6.45, 7) is 5.48. The Kier molecular flexibility index (Phi) is 4.53. The zero-order valence-corrected chi connectivity index (χ0v) is 15.8. The summed E-state index contributed by atoms with van der Waals surface area (Å²) in [6, 6.07) is 0.196. The zero-order valence-electron chi connectivity index (χ0n) is 15.8. The number of hydrogen-bond donors (Lipinski definition) is 1. The lowest BCUT2D eigenvalue weighted by Crippen LogP contribution is -2.56. The predicted octanol–water partition coefficient (Wildman–Crippen LogP) is 2.92. The van der Waals surface area contributed by atoms with Crippen molar-refractivity contribution in [2.75, 3.05) is 13.1 Å². The van der Waals surface area contributed by atoms with E-state index in [1.54, 1.807) is 0 Å². The van der Waals surface area contributed by atoms with Crippen molar-refractivity contribution in [1.82, 2.24) is 15.4 Å². The van der Waals surface area contributed by atoms with E-state index < -0.39 is 0 Å². The van der Waals surface area contributed by atoms with Crippen LogP contribution in [-0.2, 0) is 4.79 Å². The Morgan fingerprint density at radius 3 is 2.88 bits per heavy atom. The molecule has 4 rings (SSSR count). The van der Waals surface area contributed by atoms with Crippen molar-refractivity contribution in [2.24, 2.45) is 17.3 Å². The fraction of sp³-hybridized carbons (Fsp3) is 0.750. The monoisotopic (exact) mass is 359 g/mol. The fourth-order valence-corrected chi connectivity index (χ4v) is 5.24. The van der Waals surface area contributed by atoms with Crippen molar-refractivity contribution in [1.29, 1.82) is 0 Å². The van der Waals surface area contributed by atoms with Crippen molar-refractivity contribution in [2.45, 2.75) is 64.8 Å². The lowest BCUT2D eigenvalue weighted by molar-refractivity contribution is -0.123. The van der Waals surface area contributed by atoms with Gasteiger partial charge in [0.05, 0.1) is 0 Å². The van der Waals surface area contributed by atoms with E-state index in [1.165, 1.54) is 6.26 Å². The molecule has 3 fully saturated rings. The minimum atomic E-state index is -0.0215. The van der Waals surface area contributed by atoms with Crippen LogP contribution in [0.4, 0.5) is 0 Å². The van der Waals surface area contributed by atoms with Crippen LogP contribution >= 0.6 is 0 Å². The number of carbonyl (C=O) groups excluding carboxylic acids is 2. The molecule has 1 N–H and O–H groups in total. The molecule has 2 amide bonds. The van der Waals surface area contributed by atoms with Crippen LogP contribution in [0.5, 0.6) is 0 Å². The zero-order chi connectivity index (χ0) is 18.3. The van der Waals surface area contributed by atoms with Crippen molar-refractivity contribution in [3.05, 3.63) is 17.5 Å². The van der Waals surface area contributed by atoms with Gasteiger partial charge in [0.2, 0.25) is 5.91 Å². The van der Waals surface area contributed by atoms with Crippen LogP contribution in [0, 0.1) is 24.2 Å². The molecule has 1 saturated heterocycles. The number of fused-ring (bicyclic) bond motifs is 1. The van der Waals surface area contributed by atoms with Gasteiger partial charge in [-0.2, -0.15) is 0 Å². The molecule has 1 aromatic heterocycles. The average molecular weight is 359 g/mol. The summed E-state index contributed by atoms with van der Waals surface area (Å²) in [7, 11) is 0. The van der Waals surface area contributed by atoms with Crippen molar-refractivity contribution in [3.63, 3.8) is 0 Å². The maximum atomic E-state index is 13.0. The normalized spacial score (nSPS) is 33.0. The average Bonchev–Trinajstić information content (AvgIpc) is 3.12. The van der Waals surface area contributed by atoms with Crippen LogP contribution in [0.25, 0.3) is 0 Å². The molecule has 0 aromatic carbocycles. The number of aryl methyl sites for hydroxylation is 1. The van der Waals surface area contributed by atoms with Gasteiger partial charge in [-0.3, -0.25) is 9.59 Å². The van der Waals surface area contributed by atoms with Crippen LogP contribution in [0.15, 0.2) is 10.8 Å². The second-order valence-electron chi connectivity index (χ2n) is 8.45. The Bertz CT molecular complexity index is 700. The summed E-state index contributed by atoms with van der Waals surface area (Å²) in [4.78, 5) is 27.5. The number of rotatable bonds is 5. The van der Waals surface area contributed by atoms with Crippen molar-refractivity contribution < 1.29 is 14.1 Å². The van der Waals surface area contributed by atoms with Crippen LogP contribution in [0.3, 0.4) is 0 Å². The summed E-state index contributed by atoms with van der Waals surface area (Å²) >= 11 is 0. The van der Waals surface area contributed by atoms with Crippen molar-refractivity contribution >= 4 is 11.8 Å². The van der Waals surface area contributed by atoms with Crippen LogP contribution in [0.2, 0.25) is 0 Å². The fourth-order valence-electron chi connectivity index (χ4n) is 5.24. The highest BCUT2D eigenvalue weighted by Crippen LogP contribution is 2.48. The van der Waals surface area contributed by atoms with Gasteiger partial charge in [-0.1, -0.05) is 24.9 Å². The van der Waals surface area contributed by atoms with Gasteiger partial charge in [-0.25, -0.2) is 0 Å². The number of nitrogens with zero attached hydrogens (tertiary/aromatic N) is 2. The predicted molar refractivity (Wildman–Crippen MR) is 96.5 cm³/mol. The lowest BCUT2D eigenvalue weighted by atomic mass is 9.74. The summed E-state index contributed by atoms with van der Waals surface area (Å²) in [5.41, 5.74) is 1.25. The highest BCUT2D eigenvalue weighted by atomic mass is 16.5. The Morgan fingerprint density at radius 1 is 1.38 bits per heavy atom. The molecular weight excluding hydrogens is 330 g/mol.